The van der Waals surface area contributed by atoms with Crippen molar-refractivity contribution < 1.29 is 9.84 Å². The smallest absolute Gasteiger partial charge is 0.142 e. The maximum Gasteiger partial charge on any atom is 0.142 e. The van der Waals surface area contributed by atoms with Crippen molar-refractivity contribution in [2.24, 2.45) is 0 Å². The van der Waals surface area contributed by atoms with Gasteiger partial charge in [0.15, 0.2) is 0 Å². The van der Waals surface area contributed by atoms with E-state index in [1.165, 1.54) is 0 Å². The number of aliphatic hydroxyl groups excluding tert-OH is 1. The monoisotopic (exact) mass is 297 g/mol. The number of benzene rings is 1. The van der Waals surface area contributed by atoms with Gasteiger partial charge < -0.3 is 9.84 Å². The molecule has 0 aliphatic carbocycles. The van der Waals surface area contributed by atoms with E-state index < -0.39 is 6.10 Å². The molecule has 3 nitrogen and oxygen atoms in total. The number of hydrogen-bond acceptors (Lipinski definition) is 3. The molecule has 0 spiro atoms. The van der Waals surface area contributed by atoms with E-state index in [1.807, 2.05) is 0 Å². The maximum absolute atomic E-state index is 10.3. The molecule has 0 fully saturated rings. The van der Waals surface area contributed by atoms with E-state index in [0.717, 1.165) is 5.56 Å². The summed E-state index contributed by atoms with van der Waals surface area (Å²) < 4.78 is 5.18. The van der Waals surface area contributed by atoms with Gasteiger partial charge in [-0.2, -0.15) is 0 Å². The number of hydrogen-bond donors (Lipinski definition) is 1. The Morgan fingerprint density at radius 3 is 2.84 bits per heavy atom. The van der Waals surface area contributed by atoms with Crippen LogP contribution in [0.2, 0.25) is 10.0 Å². The number of nitrogens with zero attached hydrogens (tertiary/aromatic N) is 1. The van der Waals surface area contributed by atoms with Gasteiger partial charge in [-0.15, -0.1) is 0 Å². The molecule has 1 N–H and O–H groups in total. The zero-order valence-electron chi connectivity index (χ0n) is 10.3. The number of aromatic nitrogens is 1. The van der Waals surface area contributed by atoms with E-state index in [4.69, 9.17) is 27.9 Å². The van der Waals surface area contributed by atoms with Crippen LogP contribution in [-0.4, -0.2) is 17.2 Å². The Morgan fingerprint density at radius 1 is 1.32 bits per heavy atom. The lowest BCUT2D eigenvalue weighted by Gasteiger charge is -2.15. The molecule has 2 aromatic rings. The first kappa shape index (κ1) is 14.1. The molecule has 0 saturated carbocycles. The summed E-state index contributed by atoms with van der Waals surface area (Å²) in [6, 6.07) is 6.91. The SMILES string of the molecule is COc1cnccc1C(O)Cc1cc(Cl)ccc1Cl. The van der Waals surface area contributed by atoms with Crippen molar-refractivity contribution in [1.82, 2.24) is 4.98 Å². The minimum atomic E-state index is -0.728. The van der Waals surface area contributed by atoms with Gasteiger partial charge in [-0.05, 0) is 29.8 Å². The van der Waals surface area contributed by atoms with Crippen LogP contribution in [0.15, 0.2) is 36.7 Å². The average Bonchev–Trinajstić information content (AvgIpc) is 2.42. The third-order valence-corrected chi connectivity index (χ3v) is 3.42. The third kappa shape index (κ3) is 3.38. The first-order valence-corrected chi connectivity index (χ1v) is 6.47. The fourth-order valence-electron chi connectivity index (χ4n) is 1.85. The Morgan fingerprint density at radius 2 is 2.11 bits per heavy atom. The van der Waals surface area contributed by atoms with Gasteiger partial charge >= 0.3 is 0 Å². The minimum absolute atomic E-state index is 0.361. The summed E-state index contributed by atoms with van der Waals surface area (Å²) >= 11 is 12.0. The summed E-state index contributed by atoms with van der Waals surface area (Å²) in [6.07, 6.45) is 2.81. The summed E-state index contributed by atoms with van der Waals surface area (Å²) in [5, 5.41) is 11.5. The van der Waals surface area contributed by atoms with E-state index in [1.54, 1.807) is 43.8 Å². The molecule has 1 unspecified atom stereocenters. The van der Waals surface area contributed by atoms with Crippen LogP contribution in [0, 0.1) is 0 Å². The minimum Gasteiger partial charge on any atom is -0.495 e. The predicted molar refractivity (Wildman–Crippen MR) is 75.9 cm³/mol. The van der Waals surface area contributed by atoms with Gasteiger partial charge in [0.1, 0.15) is 5.75 Å². The summed E-state index contributed by atoms with van der Waals surface area (Å²) in [6.45, 7) is 0. The topological polar surface area (TPSA) is 42.4 Å². The van der Waals surface area contributed by atoms with Crippen molar-refractivity contribution in [3.05, 3.63) is 57.8 Å². The Bertz CT molecular complexity index is 575. The maximum atomic E-state index is 10.3. The van der Waals surface area contributed by atoms with Crippen molar-refractivity contribution in [3.8, 4) is 5.75 Å². The lowest BCUT2D eigenvalue weighted by atomic mass is 10.0. The highest BCUT2D eigenvalue weighted by Crippen LogP contribution is 2.29. The van der Waals surface area contributed by atoms with E-state index in [9.17, 15) is 5.11 Å². The Kier molecular flexibility index (Phi) is 4.64. The standard InChI is InChI=1S/C14H13Cl2NO2/c1-19-14-8-17-5-4-11(14)13(18)7-9-6-10(15)2-3-12(9)16/h2-6,8,13,18H,7H2,1H3. The quantitative estimate of drug-likeness (QED) is 0.936. The van der Waals surface area contributed by atoms with Gasteiger partial charge in [-0.3, -0.25) is 4.98 Å². The lowest BCUT2D eigenvalue weighted by Crippen LogP contribution is -2.05. The molecular weight excluding hydrogens is 285 g/mol. The summed E-state index contributed by atoms with van der Waals surface area (Å²) in [5.41, 5.74) is 1.47. The molecule has 1 heterocycles. The summed E-state index contributed by atoms with van der Waals surface area (Å²) in [7, 11) is 1.54. The summed E-state index contributed by atoms with van der Waals surface area (Å²) in [4.78, 5) is 3.95. The molecule has 1 atom stereocenters. The third-order valence-electron chi connectivity index (χ3n) is 2.82. The molecule has 2 rings (SSSR count). The van der Waals surface area contributed by atoms with Crippen molar-refractivity contribution in [2.45, 2.75) is 12.5 Å². The second kappa shape index (κ2) is 6.24. The molecule has 5 heteroatoms. The zero-order valence-corrected chi connectivity index (χ0v) is 11.8. The number of halogens is 2. The van der Waals surface area contributed by atoms with E-state index in [-0.39, 0.29) is 0 Å². The Labute approximate surface area is 121 Å². The molecule has 1 aromatic heterocycles. The van der Waals surface area contributed by atoms with Gasteiger partial charge in [-0.25, -0.2) is 0 Å². The fourth-order valence-corrected chi connectivity index (χ4v) is 2.24. The van der Waals surface area contributed by atoms with Crippen molar-refractivity contribution in [3.63, 3.8) is 0 Å². The molecule has 1 aromatic carbocycles. The molecule has 0 bridgehead atoms. The molecule has 19 heavy (non-hydrogen) atoms. The molecular formula is C14H13Cl2NO2. The second-order valence-electron chi connectivity index (χ2n) is 4.07. The first-order chi connectivity index (χ1) is 9.11. The van der Waals surface area contributed by atoms with Crippen molar-refractivity contribution >= 4 is 23.2 Å². The molecule has 0 aliphatic rings. The Balaban J connectivity index is 2.25. The van der Waals surface area contributed by atoms with Crippen LogP contribution in [0.5, 0.6) is 5.75 Å². The number of rotatable bonds is 4. The van der Waals surface area contributed by atoms with Crippen LogP contribution in [0.4, 0.5) is 0 Å². The van der Waals surface area contributed by atoms with Crippen LogP contribution in [0.25, 0.3) is 0 Å². The highest BCUT2D eigenvalue weighted by molar-refractivity contribution is 6.33. The van der Waals surface area contributed by atoms with Crippen LogP contribution in [0.1, 0.15) is 17.2 Å². The van der Waals surface area contributed by atoms with Crippen molar-refractivity contribution in [1.29, 1.82) is 0 Å². The second-order valence-corrected chi connectivity index (χ2v) is 4.92. The number of ether oxygens (including phenoxy) is 1. The van der Waals surface area contributed by atoms with Gasteiger partial charge in [0, 0.05) is 28.2 Å². The van der Waals surface area contributed by atoms with Gasteiger partial charge in [0.2, 0.25) is 0 Å². The molecule has 0 aliphatic heterocycles. The summed E-state index contributed by atoms with van der Waals surface area (Å²) in [5.74, 6) is 0.549. The number of methoxy groups -OCH3 is 1. The molecule has 0 radical (unpaired) electrons. The molecule has 100 valence electrons. The van der Waals surface area contributed by atoms with E-state index in [0.29, 0.717) is 27.8 Å². The number of aliphatic hydroxyl groups is 1. The highest BCUT2D eigenvalue weighted by atomic mass is 35.5. The van der Waals surface area contributed by atoms with Crippen LogP contribution >= 0.6 is 23.2 Å². The van der Waals surface area contributed by atoms with E-state index in [2.05, 4.69) is 4.98 Å². The lowest BCUT2D eigenvalue weighted by molar-refractivity contribution is 0.174. The average molecular weight is 298 g/mol. The van der Waals surface area contributed by atoms with Gasteiger partial charge in [0.05, 0.1) is 19.4 Å². The zero-order chi connectivity index (χ0) is 13.8. The van der Waals surface area contributed by atoms with Crippen LogP contribution < -0.4 is 4.74 Å². The Hall–Kier alpha value is -1.29. The van der Waals surface area contributed by atoms with Crippen LogP contribution in [0.3, 0.4) is 0 Å². The van der Waals surface area contributed by atoms with E-state index >= 15 is 0 Å². The normalized spacial score (nSPS) is 12.2. The van der Waals surface area contributed by atoms with Gasteiger partial charge in [0.25, 0.3) is 0 Å². The molecule has 0 saturated heterocycles. The molecule has 0 amide bonds. The first-order valence-electron chi connectivity index (χ1n) is 5.71. The van der Waals surface area contributed by atoms with Crippen LogP contribution in [-0.2, 0) is 6.42 Å². The predicted octanol–water partition coefficient (Wildman–Crippen LogP) is 3.67. The highest BCUT2D eigenvalue weighted by Gasteiger charge is 2.15. The van der Waals surface area contributed by atoms with Crippen molar-refractivity contribution in [2.75, 3.05) is 7.11 Å². The van der Waals surface area contributed by atoms with Gasteiger partial charge in [-0.1, -0.05) is 23.2 Å². The fraction of sp³-hybridized carbons (Fsp3) is 0.214. The number of pyridine rings is 1. The largest absolute Gasteiger partial charge is 0.495 e.